The molecular weight excluding hydrogens is 296 g/mol. The largest absolute Gasteiger partial charge is 0.480 e. The summed E-state index contributed by atoms with van der Waals surface area (Å²) in [6.07, 6.45) is 1.23. The van der Waals surface area contributed by atoms with E-state index in [2.05, 4.69) is 10.3 Å². The average Bonchev–Trinajstić information content (AvgIpc) is 2.80. The van der Waals surface area contributed by atoms with Gasteiger partial charge in [-0.15, -0.1) is 0 Å². The van der Waals surface area contributed by atoms with E-state index in [9.17, 15) is 14.7 Å². The molecule has 1 heterocycles. The van der Waals surface area contributed by atoms with Crippen LogP contribution in [0.25, 0.3) is 10.9 Å². The lowest BCUT2D eigenvalue weighted by Gasteiger charge is -2.22. The van der Waals surface area contributed by atoms with E-state index in [1.165, 1.54) is 0 Å². The topological polar surface area (TPSA) is 91.4 Å². The number of carbonyl (C=O) groups is 2. The second-order valence-electron chi connectivity index (χ2n) is 6.55. The van der Waals surface area contributed by atoms with Crippen LogP contribution in [-0.2, 0) is 16.0 Å². The highest BCUT2D eigenvalue weighted by Crippen LogP contribution is 2.22. The van der Waals surface area contributed by atoms with E-state index in [0.29, 0.717) is 0 Å². The summed E-state index contributed by atoms with van der Waals surface area (Å²) in [7, 11) is 0. The molecule has 0 radical (unpaired) electrons. The molecule has 0 spiro atoms. The minimum Gasteiger partial charge on any atom is -0.480 e. The smallest absolute Gasteiger partial charge is 0.408 e. The predicted octanol–water partition coefficient (Wildman–Crippen LogP) is 3.00. The van der Waals surface area contributed by atoms with E-state index in [0.717, 1.165) is 22.0 Å². The van der Waals surface area contributed by atoms with Gasteiger partial charge in [0.15, 0.2) is 0 Å². The van der Waals surface area contributed by atoms with E-state index in [1.54, 1.807) is 27.0 Å². The number of aliphatic carboxylic acids is 1. The number of ether oxygens (including phenoxy) is 1. The van der Waals surface area contributed by atoms with Gasteiger partial charge in [-0.3, -0.25) is 0 Å². The maximum atomic E-state index is 11.8. The molecule has 0 aliphatic heterocycles. The maximum Gasteiger partial charge on any atom is 0.408 e. The van der Waals surface area contributed by atoms with Crippen LogP contribution in [0.2, 0.25) is 0 Å². The number of rotatable bonds is 4. The molecule has 1 aromatic heterocycles. The number of amides is 1. The van der Waals surface area contributed by atoms with Crippen molar-refractivity contribution in [1.82, 2.24) is 10.3 Å². The quantitative estimate of drug-likeness (QED) is 0.808. The van der Waals surface area contributed by atoms with E-state index < -0.39 is 23.7 Å². The van der Waals surface area contributed by atoms with Crippen molar-refractivity contribution >= 4 is 23.0 Å². The first-order valence-corrected chi connectivity index (χ1v) is 7.45. The Labute approximate surface area is 134 Å². The lowest BCUT2D eigenvalue weighted by molar-refractivity contribution is -0.139. The van der Waals surface area contributed by atoms with Crippen LogP contribution in [0.3, 0.4) is 0 Å². The van der Waals surface area contributed by atoms with Crippen LogP contribution in [0.15, 0.2) is 24.4 Å². The molecule has 124 valence electrons. The number of H-pyrrole nitrogens is 1. The highest BCUT2D eigenvalue weighted by molar-refractivity contribution is 5.87. The first-order valence-electron chi connectivity index (χ1n) is 7.45. The van der Waals surface area contributed by atoms with Crippen LogP contribution in [0.4, 0.5) is 4.79 Å². The lowest BCUT2D eigenvalue weighted by Crippen LogP contribution is -2.44. The van der Waals surface area contributed by atoms with Crippen molar-refractivity contribution < 1.29 is 19.4 Å². The lowest BCUT2D eigenvalue weighted by atomic mass is 10.0. The van der Waals surface area contributed by atoms with Crippen molar-refractivity contribution in [2.45, 2.75) is 45.8 Å². The molecule has 0 saturated carbocycles. The molecule has 1 atom stereocenters. The summed E-state index contributed by atoms with van der Waals surface area (Å²) >= 11 is 0. The summed E-state index contributed by atoms with van der Waals surface area (Å²) in [5.41, 5.74) is 2.22. The Morgan fingerprint density at radius 3 is 2.65 bits per heavy atom. The third-order valence-corrected chi connectivity index (χ3v) is 3.42. The summed E-state index contributed by atoms with van der Waals surface area (Å²) in [4.78, 5) is 26.4. The summed E-state index contributed by atoms with van der Waals surface area (Å²) in [5.74, 6) is -1.10. The highest BCUT2D eigenvalue weighted by atomic mass is 16.6. The molecule has 1 unspecified atom stereocenters. The maximum absolute atomic E-state index is 11.8. The van der Waals surface area contributed by atoms with Gasteiger partial charge in [0.1, 0.15) is 11.6 Å². The average molecular weight is 318 g/mol. The van der Waals surface area contributed by atoms with Crippen molar-refractivity contribution in [2.24, 2.45) is 0 Å². The fourth-order valence-electron chi connectivity index (χ4n) is 2.40. The number of aryl methyl sites for hydroxylation is 1. The third kappa shape index (κ3) is 4.25. The van der Waals surface area contributed by atoms with Crippen molar-refractivity contribution in [3.05, 3.63) is 35.5 Å². The van der Waals surface area contributed by atoms with Gasteiger partial charge in [-0.05, 0) is 38.8 Å². The van der Waals surface area contributed by atoms with Crippen LogP contribution >= 0.6 is 0 Å². The van der Waals surface area contributed by atoms with Gasteiger partial charge in [-0.1, -0.05) is 18.2 Å². The zero-order valence-corrected chi connectivity index (χ0v) is 13.8. The number of carboxylic acid groups (broad SMARTS) is 1. The molecular formula is C17H22N2O4. The first kappa shape index (κ1) is 16.9. The fraction of sp³-hybridized carbons (Fsp3) is 0.412. The van der Waals surface area contributed by atoms with Gasteiger partial charge in [0.05, 0.1) is 0 Å². The molecule has 0 aliphatic rings. The number of alkyl carbamates (subject to hydrolysis) is 1. The summed E-state index contributed by atoms with van der Waals surface area (Å²) in [6.45, 7) is 7.16. The number of benzene rings is 1. The SMILES string of the molecule is Cc1cccc2c(CC(NC(=O)OC(C)(C)C)C(=O)O)c[nH]c12. The number of carboxylic acids is 1. The highest BCUT2D eigenvalue weighted by Gasteiger charge is 2.25. The van der Waals surface area contributed by atoms with E-state index >= 15 is 0 Å². The molecule has 23 heavy (non-hydrogen) atoms. The Kier molecular flexibility index (Phi) is 4.63. The number of aromatic nitrogens is 1. The predicted molar refractivity (Wildman–Crippen MR) is 87.5 cm³/mol. The van der Waals surface area contributed by atoms with E-state index in [1.807, 2.05) is 25.1 Å². The number of hydrogen-bond donors (Lipinski definition) is 3. The van der Waals surface area contributed by atoms with Crippen LogP contribution in [-0.4, -0.2) is 33.8 Å². The third-order valence-electron chi connectivity index (χ3n) is 3.42. The zero-order valence-electron chi connectivity index (χ0n) is 13.8. The van der Waals surface area contributed by atoms with Gasteiger partial charge >= 0.3 is 12.1 Å². The monoisotopic (exact) mass is 318 g/mol. The molecule has 1 amide bonds. The first-order chi connectivity index (χ1) is 10.7. The van der Waals surface area contributed by atoms with Gasteiger partial charge in [0.2, 0.25) is 0 Å². The van der Waals surface area contributed by atoms with Crippen LogP contribution in [0, 0.1) is 6.92 Å². The Morgan fingerprint density at radius 2 is 2.04 bits per heavy atom. The molecule has 2 rings (SSSR count). The number of para-hydroxylation sites is 1. The summed E-state index contributed by atoms with van der Waals surface area (Å²) in [5, 5.41) is 12.7. The van der Waals surface area contributed by atoms with Crippen LogP contribution < -0.4 is 5.32 Å². The molecule has 0 aliphatic carbocycles. The normalized spacial score (nSPS) is 12.9. The summed E-state index contributed by atoms with van der Waals surface area (Å²) in [6, 6.07) is 4.78. The van der Waals surface area contributed by atoms with Crippen molar-refractivity contribution in [1.29, 1.82) is 0 Å². The Morgan fingerprint density at radius 1 is 1.35 bits per heavy atom. The van der Waals surface area contributed by atoms with Crippen molar-refractivity contribution in [2.75, 3.05) is 0 Å². The van der Waals surface area contributed by atoms with Gasteiger partial charge in [-0.25, -0.2) is 9.59 Å². The number of hydrogen-bond acceptors (Lipinski definition) is 3. The minimum atomic E-state index is -1.10. The minimum absolute atomic E-state index is 0.179. The van der Waals surface area contributed by atoms with Gasteiger partial charge in [0, 0.05) is 23.5 Å². The molecule has 0 bridgehead atoms. The van der Waals surface area contributed by atoms with Gasteiger partial charge < -0.3 is 20.1 Å². The molecule has 1 aromatic carbocycles. The molecule has 0 saturated heterocycles. The fourth-order valence-corrected chi connectivity index (χ4v) is 2.40. The van der Waals surface area contributed by atoms with Crippen LogP contribution in [0.5, 0.6) is 0 Å². The number of nitrogens with one attached hydrogen (secondary N) is 2. The molecule has 6 nitrogen and oxygen atoms in total. The molecule has 3 N–H and O–H groups in total. The summed E-state index contributed by atoms with van der Waals surface area (Å²) < 4.78 is 5.12. The standard InChI is InChI=1S/C17H22N2O4/c1-10-6-5-7-12-11(9-18-14(10)12)8-13(15(20)21)19-16(22)23-17(2,3)4/h5-7,9,13,18H,8H2,1-4H3,(H,19,22)(H,20,21). The molecule has 2 aromatic rings. The number of fused-ring (bicyclic) bond motifs is 1. The Bertz CT molecular complexity index is 728. The van der Waals surface area contributed by atoms with Crippen LogP contribution in [0.1, 0.15) is 31.9 Å². The second kappa shape index (κ2) is 6.32. The zero-order chi connectivity index (χ0) is 17.2. The van der Waals surface area contributed by atoms with Gasteiger partial charge in [0.25, 0.3) is 0 Å². The Hall–Kier alpha value is -2.50. The molecule has 6 heteroatoms. The second-order valence-corrected chi connectivity index (χ2v) is 6.55. The Balaban J connectivity index is 2.17. The molecule has 0 fully saturated rings. The van der Waals surface area contributed by atoms with Gasteiger partial charge in [-0.2, -0.15) is 0 Å². The van der Waals surface area contributed by atoms with Crippen molar-refractivity contribution in [3.8, 4) is 0 Å². The van der Waals surface area contributed by atoms with E-state index in [4.69, 9.17) is 4.74 Å². The van der Waals surface area contributed by atoms with Crippen molar-refractivity contribution in [3.63, 3.8) is 0 Å². The number of aromatic amines is 1. The van der Waals surface area contributed by atoms with E-state index in [-0.39, 0.29) is 6.42 Å². The number of carbonyl (C=O) groups excluding carboxylic acids is 1.